The first-order valence-electron chi connectivity index (χ1n) is 4.47. The molecule has 4 nitrogen and oxygen atoms in total. The van der Waals surface area contributed by atoms with Gasteiger partial charge in [0.2, 0.25) is 0 Å². The zero-order valence-electron chi connectivity index (χ0n) is 8.41. The van der Waals surface area contributed by atoms with Crippen LogP contribution in [0.2, 0.25) is 0 Å². The summed E-state index contributed by atoms with van der Waals surface area (Å²) in [6, 6.07) is 3.97. The fourth-order valence-electron chi connectivity index (χ4n) is 1.37. The average molecular weight is 286 g/mol. The average Bonchev–Trinajstić information content (AvgIpc) is 2.53. The first kappa shape index (κ1) is 10.9. The second-order valence-electron chi connectivity index (χ2n) is 3.36. The van der Waals surface area contributed by atoms with Gasteiger partial charge in [-0.05, 0) is 28.1 Å². The Kier molecular flexibility index (Phi) is 2.59. The molecule has 84 valence electrons. The summed E-state index contributed by atoms with van der Waals surface area (Å²) in [6.07, 6.45) is 0. The molecule has 1 aromatic carbocycles. The van der Waals surface area contributed by atoms with Crippen LogP contribution in [0.5, 0.6) is 5.75 Å². The van der Waals surface area contributed by atoms with Crippen LogP contribution in [0, 0.1) is 5.82 Å². The van der Waals surface area contributed by atoms with Gasteiger partial charge in [-0.25, -0.2) is 4.39 Å². The van der Waals surface area contributed by atoms with Gasteiger partial charge in [-0.2, -0.15) is 5.10 Å². The zero-order chi connectivity index (χ0) is 11.9. The molecule has 0 atom stereocenters. The molecule has 0 fully saturated rings. The van der Waals surface area contributed by atoms with Gasteiger partial charge in [-0.15, -0.1) is 0 Å². The molecule has 0 aliphatic carbocycles. The third-order valence-electron chi connectivity index (χ3n) is 2.22. The highest BCUT2D eigenvalue weighted by Crippen LogP contribution is 2.36. The molecular weight excluding hydrogens is 277 g/mol. The molecule has 3 N–H and O–H groups in total. The maximum Gasteiger partial charge on any atom is 0.139 e. The van der Waals surface area contributed by atoms with E-state index in [2.05, 4.69) is 21.0 Å². The number of nitrogens with two attached hydrogens (primary N) is 1. The Morgan fingerprint density at radius 1 is 1.44 bits per heavy atom. The van der Waals surface area contributed by atoms with E-state index in [1.54, 1.807) is 13.1 Å². The zero-order valence-corrected chi connectivity index (χ0v) is 9.99. The molecule has 1 heterocycles. The van der Waals surface area contributed by atoms with Gasteiger partial charge in [-0.3, -0.25) is 4.68 Å². The summed E-state index contributed by atoms with van der Waals surface area (Å²) < 4.78 is 14.9. The van der Waals surface area contributed by atoms with Gasteiger partial charge in [0, 0.05) is 18.7 Å². The molecule has 0 radical (unpaired) electrons. The van der Waals surface area contributed by atoms with E-state index < -0.39 is 5.82 Å². The van der Waals surface area contributed by atoms with Crippen LogP contribution in [0.1, 0.15) is 0 Å². The highest BCUT2D eigenvalue weighted by atomic mass is 79.9. The van der Waals surface area contributed by atoms with Gasteiger partial charge in [0.15, 0.2) is 0 Å². The van der Waals surface area contributed by atoms with Crippen LogP contribution >= 0.6 is 15.9 Å². The number of aryl methyl sites for hydroxylation is 1. The number of nitrogen functional groups attached to an aromatic ring is 1. The molecule has 0 amide bonds. The lowest BCUT2D eigenvalue weighted by molar-refractivity contribution is 0.471. The van der Waals surface area contributed by atoms with Crippen LogP contribution in [0.15, 0.2) is 22.7 Å². The molecule has 0 bridgehead atoms. The normalized spacial score (nSPS) is 10.7. The Morgan fingerprint density at radius 2 is 2.12 bits per heavy atom. The number of hydrogen-bond donors (Lipinski definition) is 2. The van der Waals surface area contributed by atoms with Crippen LogP contribution in [0.3, 0.4) is 0 Å². The van der Waals surface area contributed by atoms with Crippen molar-refractivity contribution in [2.75, 3.05) is 5.73 Å². The Morgan fingerprint density at radius 3 is 2.69 bits per heavy atom. The third kappa shape index (κ3) is 1.76. The first-order valence-corrected chi connectivity index (χ1v) is 5.26. The Labute approximate surface area is 99.6 Å². The van der Waals surface area contributed by atoms with Crippen molar-refractivity contribution in [1.29, 1.82) is 0 Å². The fourth-order valence-corrected chi connectivity index (χ4v) is 1.81. The molecule has 0 saturated carbocycles. The number of phenols is 1. The lowest BCUT2D eigenvalue weighted by Crippen LogP contribution is -1.96. The minimum Gasteiger partial charge on any atom is -0.506 e. The van der Waals surface area contributed by atoms with E-state index in [0.717, 1.165) is 0 Å². The summed E-state index contributed by atoms with van der Waals surface area (Å²) in [6.45, 7) is 0. The maximum absolute atomic E-state index is 13.2. The summed E-state index contributed by atoms with van der Waals surface area (Å²) in [7, 11) is 1.67. The predicted octanol–water partition coefficient (Wildman–Crippen LogP) is 2.28. The molecule has 1 aromatic heterocycles. The van der Waals surface area contributed by atoms with E-state index in [0.29, 0.717) is 17.1 Å². The molecule has 0 saturated heterocycles. The number of rotatable bonds is 1. The molecule has 0 unspecified atom stereocenters. The molecule has 6 heteroatoms. The van der Waals surface area contributed by atoms with Gasteiger partial charge >= 0.3 is 0 Å². The van der Waals surface area contributed by atoms with E-state index in [9.17, 15) is 9.50 Å². The second kappa shape index (κ2) is 3.79. The number of aromatic hydroxyl groups is 1. The van der Waals surface area contributed by atoms with Crippen molar-refractivity contribution in [2.24, 2.45) is 7.05 Å². The third-order valence-corrected chi connectivity index (χ3v) is 2.82. The highest BCUT2D eigenvalue weighted by molar-refractivity contribution is 9.10. The molecule has 16 heavy (non-hydrogen) atoms. The predicted molar refractivity (Wildman–Crippen MR) is 62.4 cm³/mol. The number of nitrogens with zero attached hydrogens (tertiary/aromatic N) is 2. The van der Waals surface area contributed by atoms with Crippen LogP contribution in [0.25, 0.3) is 11.3 Å². The Balaban J connectivity index is 2.63. The molecule has 0 spiro atoms. The van der Waals surface area contributed by atoms with Crippen LogP contribution in [-0.4, -0.2) is 14.9 Å². The number of halogens is 2. The SMILES string of the molecule is Cn1nc(-c2cc(F)cc(Br)c2O)cc1N. The number of anilines is 1. The molecule has 0 aliphatic rings. The van der Waals surface area contributed by atoms with E-state index >= 15 is 0 Å². The van der Waals surface area contributed by atoms with E-state index in [4.69, 9.17) is 5.73 Å². The van der Waals surface area contributed by atoms with Gasteiger partial charge < -0.3 is 10.8 Å². The fraction of sp³-hybridized carbons (Fsp3) is 0.100. The van der Waals surface area contributed by atoms with E-state index in [1.807, 2.05) is 0 Å². The number of hydrogen-bond acceptors (Lipinski definition) is 3. The summed E-state index contributed by atoms with van der Waals surface area (Å²) >= 11 is 3.06. The van der Waals surface area contributed by atoms with Crippen molar-refractivity contribution in [3.8, 4) is 17.0 Å². The monoisotopic (exact) mass is 285 g/mol. The Bertz CT molecular complexity index is 534. The van der Waals surface area contributed by atoms with Crippen molar-refractivity contribution in [2.45, 2.75) is 0 Å². The maximum atomic E-state index is 13.2. The minimum absolute atomic E-state index is 0.0560. The summed E-state index contributed by atoms with van der Waals surface area (Å²) in [5.41, 5.74) is 6.35. The van der Waals surface area contributed by atoms with Crippen LogP contribution in [0.4, 0.5) is 10.2 Å². The van der Waals surface area contributed by atoms with E-state index in [1.165, 1.54) is 16.8 Å². The quantitative estimate of drug-likeness (QED) is 0.845. The summed E-state index contributed by atoms with van der Waals surface area (Å²) in [5.74, 6) is -0.0711. The minimum atomic E-state index is -0.455. The van der Waals surface area contributed by atoms with Gasteiger partial charge in [0.1, 0.15) is 17.4 Å². The van der Waals surface area contributed by atoms with Crippen LogP contribution < -0.4 is 5.73 Å². The van der Waals surface area contributed by atoms with Crippen molar-refractivity contribution in [1.82, 2.24) is 9.78 Å². The summed E-state index contributed by atoms with van der Waals surface area (Å²) in [5, 5.41) is 13.8. The van der Waals surface area contributed by atoms with Crippen molar-refractivity contribution in [3.05, 3.63) is 28.5 Å². The van der Waals surface area contributed by atoms with Gasteiger partial charge in [0.25, 0.3) is 0 Å². The number of phenolic OH excluding ortho intramolecular Hbond substituents is 1. The topological polar surface area (TPSA) is 64.1 Å². The lowest BCUT2D eigenvalue weighted by Gasteiger charge is -2.03. The van der Waals surface area contributed by atoms with Crippen molar-refractivity contribution < 1.29 is 9.50 Å². The molecule has 2 aromatic rings. The Hall–Kier alpha value is -1.56. The second-order valence-corrected chi connectivity index (χ2v) is 4.22. The van der Waals surface area contributed by atoms with Gasteiger partial charge in [-0.1, -0.05) is 0 Å². The van der Waals surface area contributed by atoms with Crippen LogP contribution in [-0.2, 0) is 7.05 Å². The van der Waals surface area contributed by atoms with Crippen molar-refractivity contribution in [3.63, 3.8) is 0 Å². The number of benzene rings is 1. The molecule has 0 aliphatic heterocycles. The molecular formula is C10H9BrFN3O. The largest absolute Gasteiger partial charge is 0.506 e. The smallest absolute Gasteiger partial charge is 0.139 e. The molecule has 2 rings (SSSR count). The van der Waals surface area contributed by atoms with Crippen molar-refractivity contribution >= 4 is 21.7 Å². The van der Waals surface area contributed by atoms with Gasteiger partial charge in [0.05, 0.1) is 10.2 Å². The highest BCUT2D eigenvalue weighted by Gasteiger charge is 2.13. The first-order chi connectivity index (χ1) is 7.49. The lowest BCUT2D eigenvalue weighted by atomic mass is 10.1. The van der Waals surface area contributed by atoms with E-state index in [-0.39, 0.29) is 10.2 Å². The summed E-state index contributed by atoms with van der Waals surface area (Å²) in [4.78, 5) is 0. The standard InChI is InChI=1S/C10H9BrFN3O/c1-15-9(13)4-8(14-15)6-2-5(12)3-7(11)10(6)16/h2-4,16H,13H2,1H3. The number of aromatic nitrogens is 2.